The molecule has 30 heavy (non-hydrogen) atoms. The van der Waals surface area contributed by atoms with Gasteiger partial charge in [-0.15, -0.1) is 13.2 Å². The van der Waals surface area contributed by atoms with E-state index >= 15 is 0 Å². The maximum atomic E-state index is 13.9. The SMILES string of the molecule is Cc1cc(-c2nccc3c2OC(N)C3(N)c2ccc(F)c(OC(F)(F)F)c2)ccn1. The number of ether oxygens (including phenoxy) is 2. The molecule has 0 saturated heterocycles. The molecule has 1 aliphatic rings. The Bertz CT molecular complexity index is 1120. The van der Waals surface area contributed by atoms with Gasteiger partial charge in [-0.2, -0.15) is 0 Å². The summed E-state index contributed by atoms with van der Waals surface area (Å²) in [4.78, 5) is 8.48. The quantitative estimate of drug-likeness (QED) is 0.631. The molecule has 0 aliphatic carbocycles. The zero-order valence-electron chi connectivity index (χ0n) is 15.6. The van der Waals surface area contributed by atoms with E-state index in [1.807, 2.05) is 6.92 Å². The number of fused-ring (bicyclic) bond motifs is 1. The van der Waals surface area contributed by atoms with E-state index in [1.165, 1.54) is 12.3 Å². The summed E-state index contributed by atoms with van der Waals surface area (Å²) in [5, 5.41) is 0. The third-order valence-corrected chi connectivity index (χ3v) is 4.85. The number of nitrogens with zero attached hydrogens (tertiary/aromatic N) is 2. The van der Waals surface area contributed by atoms with Gasteiger partial charge in [0, 0.05) is 29.2 Å². The molecule has 6 nitrogen and oxygen atoms in total. The fourth-order valence-corrected chi connectivity index (χ4v) is 3.45. The fourth-order valence-electron chi connectivity index (χ4n) is 3.45. The van der Waals surface area contributed by atoms with E-state index < -0.39 is 29.7 Å². The highest BCUT2D eigenvalue weighted by atomic mass is 19.4. The van der Waals surface area contributed by atoms with E-state index in [0.29, 0.717) is 22.6 Å². The van der Waals surface area contributed by atoms with Crippen LogP contribution in [0.1, 0.15) is 16.8 Å². The Kier molecular flexibility index (Phi) is 4.63. The third kappa shape index (κ3) is 3.33. The smallest absolute Gasteiger partial charge is 0.470 e. The predicted octanol–water partition coefficient (Wildman–Crippen LogP) is 3.37. The summed E-state index contributed by atoms with van der Waals surface area (Å²) in [5.74, 6) is -1.90. The number of halogens is 4. The molecule has 1 aromatic carbocycles. The molecule has 1 aliphatic heterocycles. The fraction of sp³-hybridized carbons (Fsp3) is 0.200. The lowest BCUT2D eigenvalue weighted by atomic mass is 9.83. The standard InChI is InChI=1S/C20H16F4N4O2/c1-10-8-11(4-6-27-10)16-17-13(5-7-28-16)19(26,18(25)29-17)12-2-3-14(21)15(9-12)30-20(22,23)24/h2-9,18H,25-26H2,1H3. The molecule has 4 rings (SSSR count). The van der Waals surface area contributed by atoms with Crippen molar-refractivity contribution in [1.29, 1.82) is 0 Å². The minimum atomic E-state index is -5.07. The van der Waals surface area contributed by atoms with Crippen LogP contribution in [0.4, 0.5) is 17.6 Å². The maximum absolute atomic E-state index is 13.9. The van der Waals surface area contributed by atoms with Crippen molar-refractivity contribution in [2.75, 3.05) is 0 Å². The highest BCUT2D eigenvalue weighted by Gasteiger charge is 2.48. The summed E-state index contributed by atoms with van der Waals surface area (Å²) in [6, 6.07) is 8.04. The highest BCUT2D eigenvalue weighted by Crippen LogP contribution is 2.47. The molecule has 0 saturated carbocycles. The van der Waals surface area contributed by atoms with Gasteiger partial charge in [0.2, 0.25) is 0 Å². The molecule has 10 heteroatoms. The topological polar surface area (TPSA) is 96.3 Å². The van der Waals surface area contributed by atoms with Crippen molar-refractivity contribution in [1.82, 2.24) is 9.97 Å². The second-order valence-corrected chi connectivity index (χ2v) is 6.82. The Morgan fingerprint density at radius 3 is 2.53 bits per heavy atom. The minimum absolute atomic E-state index is 0.0949. The number of pyridine rings is 2. The first-order valence-corrected chi connectivity index (χ1v) is 8.79. The molecule has 0 radical (unpaired) electrons. The molecule has 3 heterocycles. The van der Waals surface area contributed by atoms with Gasteiger partial charge in [0.15, 0.2) is 23.5 Å². The monoisotopic (exact) mass is 420 g/mol. The lowest BCUT2D eigenvalue weighted by Crippen LogP contribution is -2.52. The molecule has 0 bridgehead atoms. The zero-order valence-corrected chi connectivity index (χ0v) is 15.6. The summed E-state index contributed by atoms with van der Waals surface area (Å²) in [5.41, 5.74) is 13.5. The van der Waals surface area contributed by atoms with Crippen LogP contribution in [0.5, 0.6) is 11.5 Å². The van der Waals surface area contributed by atoms with Gasteiger partial charge >= 0.3 is 6.36 Å². The van der Waals surface area contributed by atoms with E-state index in [4.69, 9.17) is 16.2 Å². The lowest BCUT2D eigenvalue weighted by molar-refractivity contribution is -0.275. The van der Waals surface area contributed by atoms with Gasteiger partial charge in [-0.25, -0.2) is 4.39 Å². The highest BCUT2D eigenvalue weighted by molar-refractivity contribution is 5.71. The van der Waals surface area contributed by atoms with E-state index in [9.17, 15) is 17.6 Å². The average Bonchev–Trinajstić information content (AvgIpc) is 2.94. The number of alkyl halides is 3. The molecule has 0 spiro atoms. The molecular weight excluding hydrogens is 404 g/mol. The van der Waals surface area contributed by atoms with Gasteiger partial charge in [-0.05, 0) is 42.8 Å². The molecule has 0 fully saturated rings. The molecule has 156 valence electrons. The van der Waals surface area contributed by atoms with Crippen LogP contribution in [0.3, 0.4) is 0 Å². The second kappa shape index (κ2) is 6.92. The van der Waals surface area contributed by atoms with Crippen molar-refractivity contribution in [3.8, 4) is 22.8 Å². The molecule has 2 atom stereocenters. The van der Waals surface area contributed by atoms with Crippen molar-refractivity contribution in [2.24, 2.45) is 11.5 Å². The maximum Gasteiger partial charge on any atom is 0.573 e. The van der Waals surface area contributed by atoms with Gasteiger partial charge < -0.3 is 15.2 Å². The number of rotatable bonds is 3. The number of nitrogens with two attached hydrogens (primary N) is 2. The number of hydrogen-bond acceptors (Lipinski definition) is 6. The average molecular weight is 420 g/mol. The Balaban J connectivity index is 1.85. The van der Waals surface area contributed by atoms with Crippen LogP contribution in [0.15, 0.2) is 48.8 Å². The predicted molar refractivity (Wildman–Crippen MR) is 98.9 cm³/mol. The normalized spacial score (nSPS) is 20.6. The van der Waals surface area contributed by atoms with Crippen LogP contribution in [0.25, 0.3) is 11.3 Å². The van der Waals surface area contributed by atoms with E-state index in [2.05, 4.69) is 14.7 Å². The summed E-state index contributed by atoms with van der Waals surface area (Å²) in [6.45, 7) is 1.81. The summed E-state index contributed by atoms with van der Waals surface area (Å²) >= 11 is 0. The third-order valence-electron chi connectivity index (χ3n) is 4.85. The molecule has 4 N–H and O–H groups in total. The van der Waals surface area contributed by atoms with Gasteiger partial charge in [0.25, 0.3) is 0 Å². The van der Waals surface area contributed by atoms with Gasteiger partial charge in [-0.3, -0.25) is 15.7 Å². The molecule has 0 amide bonds. The van der Waals surface area contributed by atoms with Crippen molar-refractivity contribution >= 4 is 0 Å². The second-order valence-electron chi connectivity index (χ2n) is 6.82. The number of aromatic nitrogens is 2. The molecular formula is C20H16F4N4O2. The van der Waals surface area contributed by atoms with Crippen molar-refractivity contribution in [2.45, 2.75) is 25.1 Å². The first kappa shape index (κ1) is 20.0. The first-order chi connectivity index (χ1) is 14.1. The molecule has 2 aromatic heterocycles. The number of benzene rings is 1. The largest absolute Gasteiger partial charge is 0.573 e. The summed E-state index contributed by atoms with van der Waals surface area (Å²) in [6.07, 6.45) is -3.13. The van der Waals surface area contributed by atoms with Crippen LogP contribution in [0, 0.1) is 12.7 Å². The summed E-state index contributed by atoms with van der Waals surface area (Å²) < 4.78 is 61.3. The summed E-state index contributed by atoms with van der Waals surface area (Å²) in [7, 11) is 0. The van der Waals surface area contributed by atoms with Crippen molar-refractivity contribution in [3.63, 3.8) is 0 Å². The van der Waals surface area contributed by atoms with Gasteiger partial charge in [-0.1, -0.05) is 6.07 Å². The van der Waals surface area contributed by atoms with Crippen LogP contribution in [0.2, 0.25) is 0 Å². The van der Waals surface area contributed by atoms with Crippen LogP contribution in [-0.4, -0.2) is 22.6 Å². The van der Waals surface area contributed by atoms with Crippen molar-refractivity contribution < 1.29 is 27.0 Å². The Morgan fingerprint density at radius 1 is 1.10 bits per heavy atom. The van der Waals surface area contributed by atoms with Gasteiger partial charge in [0.1, 0.15) is 11.2 Å². The van der Waals surface area contributed by atoms with E-state index in [0.717, 1.165) is 17.8 Å². The zero-order chi connectivity index (χ0) is 21.7. The lowest BCUT2D eigenvalue weighted by Gasteiger charge is -2.28. The Morgan fingerprint density at radius 2 is 1.83 bits per heavy atom. The molecule has 3 aromatic rings. The first-order valence-electron chi connectivity index (χ1n) is 8.79. The van der Waals surface area contributed by atoms with Crippen LogP contribution < -0.4 is 20.9 Å². The van der Waals surface area contributed by atoms with Crippen LogP contribution >= 0.6 is 0 Å². The minimum Gasteiger partial charge on any atom is -0.470 e. The van der Waals surface area contributed by atoms with Crippen LogP contribution in [-0.2, 0) is 5.54 Å². The Hall–Kier alpha value is -3.24. The Labute approximate surface area is 168 Å². The van der Waals surface area contributed by atoms with E-state index in [1.54, 1.807) is 24.4 Å². The van der Waals surface area contributed by atoms with Gasteiger partial charge in [0.05, 0.1) is 0 Å². The van der Waals surface area contributed by atoms with Crippen molar-refractivity contribution in [3.05, 3.63) is 71.4 Å². The number of hydrogen-bond donors (Lipinski definition) is 2. The number of aryl methyl sites for hydroxylation is 1. The van der Waals surface area contributed by atoms with E-state index in [-0.39, 0.29) is 5.56 Å². The molecule has 2 unspecified atom stereocenters.